The highest BCUT2D eigenvalue weighted by molar-refractivity contribution is 7.99. The van der Waals surface area contributed by atoms with Crippen LogP contribution >= 0.6 is 34.4 Å². The molecule has 0 amide bonds. The van der Waals surface area contributed by atoms with Crippen LogP contribution in [0.2, 0.25) is 0 Å². The smallest absolute Gasteiger partial charge is 0.210 e. The fourth-order valence-corrected chi connectivity index (χ4v) is 4.27. The van der Waals surface area contributed by atoms with E-state index >= 15 is 0 Å². The van der Waals surface area contributed by atoms with Gasteiger partial charge in [0.15, 0.2) is 11.7 Å². The van der Waals surface area contributed by atoms with E-state index in [2.05, 4.69) is 20.5 Å². The Hall–Kier alpha value is -2.09. The van der Waals surface area contributed by atoms with Crippen LogP contribution in [0.5, 0.6) is 0 Å². The summed E-state index contributed by atoms with van der Waals surface area (Å²) in [4.78, 5) is 17.7. The van der Waals surface area contributed by atoms with Gasteiger partial charge in [0.1, 0.15) is 5.01 Å². The van der Waals surface area contributed by atoms with Crippen LogP contribution in [0.15, 0.2) is 28.0 Å². The number of thiophene rings is 1. The molecule has 3 aromatic rings. The number of thioether (sulfide) groups is 1. The van der Waals surface area contributed by atoms with Gasteiger partial charge in [-0.25, -0.2) is 9.67 Å². The molecule has 0 spiro atoms. The lowest BCUT2D eigenvalue weighted by Gasteiger charge is -2.05. The minimum absolute atomic E-state index is 0.127. The molecule has 3 aromatic heterocycles. The first-order valence-corrected chi connectivity index (χ1v) is 9.67. The number of aromatic nitrogens is 5. The van der Waals surface area contributed by atoms with Crippen molar-refractivity contribution >= 4 is 40.2 Å². The minimum Gasteiger partial charge on any atom is -0.297 e. The third-order valence-corrected chi connectivity index (χ3v) is 5.93. The number of thiazole rings is 1. The van der Waals surface area contributed by atoms with Crippen LogP contribution in [0.25, 0.3) is 0 Å². The molecular formula is C14H12N6OS3. The van der Waals surface area contributed by atoms with E-state index in [0.29, 0.717) is 16.7 Å². The number of aryl methyl sites for hydroxylation is 1. The molecule has 0 fully saturated rings. The molecule has 0 saturated heterocycles. The van der Waals surface area contributed by atoms with Gasteiger partial charge >= 0.3 is 0 Å². The lowest BCUT2D eigenvalue weighted by Crippen LogP contribution is -2.14. The van der Waals surface area contributed by atoms with Crippen LogP contribution in [-0.4, -0.2) is 36.7 Å². The van der Waals surface area contributed by atoms with Crippen LogP contribution in [0.4, 0.5) is 0 Å². The number of Topliss-reactive ketones (excluding diaryl/α,β-unsaturated/α-hetero) is 1. The summed E-state index contributed by atoms with van der Waals surface area (Å²) in [5.74, 6) is -0.901. The number of nitrogens with zero attached hydrogens (tertiary/aromatic N) is 6. The average Bonchev–Trinajstić information content (AvgIpc) is 3.30. The second-order valence-corrected chi connectivity index (χ2v) is 7.71. The Kier molecular flexibility index (Phi) is 5.34. The molecule has 3 heterocycles. The van der Waals surface area contributed by atoms with Crippen molar-refractivity contribution in [2.75, 3.05) is 5.75 Å². The molecule has 0 aromatic carbocycles. The fraction of sp³-hybridized carbons (Fsp3) is 0.286. The Morgan fingerprint density at radius 3 is 3.04 bits per heavy atom. The van der Waals surface area contributed by atoms with Crippen molar-refractivity contribution in [3.05, 3.63) is 38.5 Å². The third-order valence-electron chi connectivity index (χ3n) is 3.06. The van der Waals surface area contributed by atoms with Crippen molar-refractivity contribution in [1.29, 1.82) is 5.26 Å². The molecule has 0 N–H and O–H groups in total. The molecule has 0 aliphatic rings. The maximum atomic E-state index is 12.4. The van der Waals surface area contributed by atoms with Crippen molar-refractivity contribution < 1.29 is 4.79 Å². The number of ketones is 1. The molecule has 0 bridgehead atoms. The number of tetrazole rings is 1. The van der Waals surface area contributed by atoms with Crippen molar-refractivity contribution in [2.45, 2.75) is 24.5 Å². The van der Waals surface area contributed by atoms with Gasteiger partial charge in [0.05, 0.1) is 18.4 Å². The Bertz CT molecular complexity index is 863. The van der Waals surface area contributed by atoms with Gasteiger partial charge in [0.25, 0.3) is 0 Å². The van der Waals surface area contributed by atoms with Crippen LogP contribution in [-0.2, 0) is 11.3 Å². The maximum absolute atomic E-state index is 12.4. The molecule has 1 atom stereocenters. The van der Waals surface area contributed by atoms with Crippen molar-refractivity contribution in [3.63, 3.8) is 0 Å². The first kappa shape index (κ1) is 16.8. The van der Waals surface area contributed by atoms with Crippen LogP contribution in [0, 0.1) is 18.3 Å². The zero-order valence-electron chi connectivity index (χ0n) is 12.6. The molecule has 0 radical (unpaired) electrons. The lowest BCUT2D eigenvalue weighted by atomic mass is 10.1. The summed E-state index contributed by atoms with van der Waals surface area (Å²) >= 11 is 4.19. The van der Waals surface area contributed by atoms with Crippen LogP contribution in [0.1, 0.15) is 21.5 Å². The molecule has 0 saturated carbocycles. The Morgan fingerprint density at radius 1 is 1.50 bits per heavy atom. The summed E-state index contributed by atoms with van der Waals surface area (Å²) in [6, 6.07) is 6.01. The number of carbonyl (C=O) groups excluding carboxylic acids is 1. The lowest BCUT2D eigenvalue weighted by molar-refractivity contribution is -0.116. The molecule has 24 heavy (non-hydrogen) atoms. The van der Waals surface area contributed by atoms with Gasteiger partial charge in [-0.1, -0.05) is 17.8 Å². The molecule has 3 rings (SSSR count). The molecule has 122 valence electrons. The van der Waals surface area contributed by atoms with E-state index in [-0.39, 0.29) is 11.5 Å². The van der Waals surface area contributed by atoms with E-state index in [4.69, 9.17) is 0 Å². The summed E-state index contributed by atoms with van der Waals surface area (Å²) in [5.41, 5.74) is 0.815. The van der Waals surface area contributed by atoms with Crippen molar-refractivity contribution in [3.8, 4) is 6.07 Å². The third kappa shape index (κ3) is 3.87. The predicted molar refractivity (Wildman–Crippen MR) is 92.2 cm³/mol. The van der Waals surface area contributed by atoms with Gasteiger partial charge in [-0.3, -0.25) is 4.79 Å². The zero-order valence-corrected chi connectivity index (χ0v) is 15.1. The molecular weight excluding hydrogens is 364 g/mol. The van der Waals surface area contributed by atoms with Gasteiger partial charge in [-0.15, -0.1) is 27.8 Å². The number of nitriles is 1. The number of rotatable bonds is 7. The zero-order chi connectivity index (χ0) is 16.9. The molecule has 0 aliphatic heterocycles. The summed E-state index contributed by atoms with van der Waals surface area (Å²) in [7, 11) is 0. The second-order valence-electron chi connectivity index (χ2n) is 4.84. The van der Waals surface area contributed by atoms with Crippen LogP contribution in [0.3, 0.4) is 0 Å². The SMILES string of the molecule is Cc1csc(C(C#N)C(=O)CSc2nnnn2Cc2cccs2)n1. The van der Waals surface area contributed by atoms with E-state index in [1.54, 1.807) is 16.0 Å². The van der Waals surface area contributed by atoms with Gasteiger partial charge < -0.3 is 0 Å². The average molecular weight is 376 g/mol. The van der Waals surface area contributed by atoms with Gasteiger partial charge in [-0.05, 0) is 28.8 Å². The summed E-state index contributed by atoms with van der Waals surface area (Å²) in [6.45, 7) is 2.40. The van der Waals surface area contributed by atoms with E-state index in [9.17, 15) is 10.1 Å². The first-order chi connectivity index (χ1) is 11.7. The number of hydrogen-bond acceptors (Lipinski definition) is 9. The van der Waals surface area contributed by atoms with E-state index < -0.39 is 5.92 Å². The van der Waals surface area contributed by atoms with E-state index in [1.807, 2.05) is 35.9 Å². The Labute approximate surface area is 150 Å². The first-order valence-electron chi connectivity index (χ1n) is 6.93. The highest BCUT2D eigenvalue weighted by Gasteiger charge is 2.24. The quantitative estimate of drug-likeness (QED) is 0.584. The summed E-state index contributed by atoms with van der Waals surface area (Å²) < 4.78 is 1.65. The topological polar surface area (TPSA) is 97.4 Å². The van der Waals surface area contributed by atoms with Crippen molar-refractivity contribution in [2.24, 2.45) is 0 Å². The van der Waals surface area contributed by atoms with Crippen molar-refractivity contribution in [1.82, 2.24) is 25.2 Å². The van der Waals surface area contributed by atoms with E-state index in [1.165, 1.54) is 23.1 Å². The molecule has 0 aliphatic carbocycles. The van der Waals surface area contributed by atoms with Gasteiger partial charge in [-0.2, -0.15) is 5.26 Å². The monoisotopic (exact) mass is 376 g/mol. The maximum Gasteiger partial charge on any atom is 0.210 e. The molecule has 7 nitrogen and oxygen atoms in total. The summed E-state index contributed by atoms with van der Waals surface area (Å²) in [5, 5.41) is 25.8. The largest absolute Gasteiger partial charge is 0.297 e. The number of carbonyl (C=O) groups is 1. The highest BCUT2D eigenvalue weighted by atomic mass is 32.2. The molecule has 10 heteroatoms. The van der Waals surface area contributed by atoms with Gasteiger partial charge in [0, 0.05) is 16.0 Å². The van der Waals surface area contributed by atoms with Gasteiger partial charge in [0.2, 0.25) is 5.16 Å². The van der Waals surface area contributed by atoms with Crippen LogP contribution < -0.4 is 0 Å². The molecule has 1 unspecified atom stereocenters. The summed E-state index contributed by atoms with van der Waals surface area (Å²) in [6.07, 6.45) is 0. The number of hydrogen-bond donors (Lipinski definition) is 0. The van der Waals surface area contributed by atoms with E-state index in [0.717, 1.165) is 10.6 Å². The standard InChI is InChI=1S/C14H12N6OS3/c1-9-7-23-13(16-9)11(5-15)12(21)8-24-14-17-18-19-20(14)6-10-3-2-4-22-10/h2-4,7,11H,6,8H2,1H3. The predicted octanol–water partition coefficient (Wildman–Crippen LogP) is 2.52. The fourth-order valence-electron chi connectivity index (χ4n) is 1.94. The Balaban J connectivity index is 1.64. The Morgan fingerprint density at radius 2 is 2.38 bits per heavy atom. The second kappa shape index (κ2) is 7.65. The normalized spacial score (nSPS) is 12.0. The highest BCUT2D eigenvalue weighted by Crippen LogP contribution is 2.24. The minimum atomic E-state index is -0.835.